The SMILES string of the molecule is N#Cc1ccc(Cl)cc1NCCOc1cccc(Br)c1. The van der Waals surface area contributed by atoms with Crippen molar-refractivity contribution in [2.45, 2.75) is 0 Å². The Labute approximate surface area is 131 Å². The first-order chi connectivity index (χ1) is 9.69. The number of hydrogen-bond acceptors (Lipinski definition) is 3. The van der Waals surface area contributed by atoms with Crippen molar-refractivity contribution in [3.05, 3.63) is 57.5 Å². The van der Waals surface area contributed by atoms with E-state index in [0.717, 1.165) is 15.9 Å². The van der Waals surface area contributed by atoms with Gasteiger partial charge in [0.15, 0.2) is 0 Å². The fourth-order valence-electron chi connectivity index (χ4n) is 1.67. The highest BCUT2D eigenvalue weighted by molar-refractivity contribution is 9.10. The van der Waals surface area contributed by atoms with Gasteiger partial charge in [-0.25, -0.2) is 0 Å². The molecule has 2 aromatic rings. The van der Waals surface area contributed by atoms with E-state index < -0.39 is 0 Å². The lowest BCUT2D eigenvalue weighted by Crippen LogP contribution is -2.12. The molecule has 0 aliphatic rings. The summed E-state index contributed by atoms with van der Waals surface area (Å²) in [6, 6.07) is 14.9. The zero-order valence-electron chi connectivity index (χ0n) is 10.6. The standard InChI is InChI=1S/C15H12BrClN2O/c16-12-2-1-3-14(8-12)20-7-6-19-15-9-13(17)5-4-11(15)10-18/h1-5,8-9,19H,6-7H2. The van der Waals surface area contributed by atoms with Crippen molar-refractivity contribution in [3.63, 3.8) is 0 Å². The van der Waals surface area contributed by atoms with Gasteiger partial charge < -0.3 is 10.1 Å². The summed E-state index contributed by atoms with van der Waals surface area (Å²) in [6.07, 6.45) is 0. The molecule has 0 amide bonds. The molecule has 0 saturated carbocycles. The van der Waals surface area contributed by atoms with E-state index in [0.29, 0.717) is 23.7 Å². The van der Waals surface area contributed by atoms with E-state index in [1.165, 1.54) is 0 Å². The minimum Gasteiger partial charge on any atom is -0.492 e. The summed E-state index contributed by atoms with van der Waals surface area (Å²) < 4.78 is 6.58. The van der Waals surface area contributed by atoms with E-state index >= 15 is 0 Å². The monoisotopic (exact) mass is 350 g/mol. The number of hydrogen-bond donors (Lipinski definition) is 1. The van der Waals surface area contributed by atoms with Gasteiger partial charge >= 0.3 is 0 Å². The van der Waals surface area contributed by atoms with Gasteiger partial charge in [0.25, 0.3) is 0 Å². The maximum absolute atomic E-state index is 9.00. The lowest BCUT2D eigenvalue weighted by molar-refractivity contribution is 0.332. The molecule has 0 fully saturated rings. The summed E-state index contributed by atoms with van der Waals surface area (Å²) in [5.74, 6) is 0.799. The molecule has 0 aromatic heterocycles. The first-order valence-electron chi connectivity index (χ1n) is 6.01. The summed E-state index contributed by atoms with van der Waals surface area (Å²) >= 11 is 9.30. The zero-order valence-corrected chi connectivity index (χ0v) is 12.9. The molecule has 0 bridgehead atoms. The van der Waals surface area contributed by atoms with Crippen molar-refractivity contribution < 1.29 is 4.74 Å². The Balaban J connectivity index is 1.87. The molecule has 3 nitrogen and oxygen atoms in total. The van der Waals surface area contributed by atoms with Gasteiger partial charge in [0.2, 0.25) is 0 Å². The second-order valence-electron chi connectivity index (χ2n) is 4.03. The van der Waals surface area contributed by atoms with Crippen molar-refractivity contribution >= 4 is 33.2 Å². The van der Waals surface area contributed by atoms with E-state index in [9.17, 15) is 0 Å². The minimum absolute atomic E-state index is 0.494. The molecule has 0 aliphatic heterocycles. The Kier molecular flexibility index (Phi) is 5.28. The van der Waals surface area contributed by atoms with Gasteiger partial charge in [0, 0.05) is 16.0 Å². The normalized spacial score (nSPS) is 9.85. The van der Waals surface area contributed by atoms with Gasteiger partial charge in [-0.1, -0.05) is 33.6 Å². The van der Waals surface area contributed by atoms with Crippen LogP contribution in [0, 0.1) is 11.3 Å². The molecule has 5 heteroatoms. The lowest BCUT2D eigenvalue weighted by Gasteiger charge is -2.10. The number of nitrogens with one attached hydrogen (secondary N) is 1. The van der Waals surface area contributed by atoms with Crippen LogP contribution < -0.4 is 10.1 Å². The van der Waals surface area contributed by atoms with Gasteiger partial charge in [-0.3, -0.25) is 0 Å². The van der Waals surface area contributed by atoms with Gasteiger partial charge in [-0.15, -0.1) is 0 Å². The van der Waals surface area contributed by atoms with E-state index in [1.54, 1.807) is 18.2 Å². The van der Waals surface area contributed by atoms with Crippen LogP contribution in [0.15, 0.2) is 46.9 Å². The Morgan fingerprint density at radius 3 is 2.85 bits per heavy atom. The summed E-state index contributed by atoms with van der Waals surface area (Å²) in [7, 11) is 0. The molecule has 0 radical (unpaired) electrons. The third kappa shape index (κ3) is 4.16. The van der Waals surface area contributed by atoms with Crippen molar-refractivity contribution in [2.75, 3.05) is 18.5 Å². The van der Waals surface area contributed by atoms with Crippen LogP contribution in [0.25, 0.3) is 0 Å². The maximum atomic E-state index is 9.00. The minimum atomic E-state index is 0.494. The molecule has 0 spiro atoms. The average molecular weight is 352 g/mol. The molecule has 2 rings (SSSR count). The summed E-state index contributed by atoms with van der Waals surface area (Å²) in [5.41, 5.74) is 1.29. The van der Waals surface area contributed by atoms with Crippen LogP contribution in [-0.2, 0) is 0 Å². The highest BCUT2D eigenvalue weighted by atomic mass is 79.9. The van der Waals surface area contributed by atoms with Crippen LogP contribution in [-0.4, -0.2) is 13.2 Å². The number of benzene rings is 2. The van der Waals surface area contributed by atoms with Crippen molar-refractivity contribution in [3.8, 4) is 11.8 Å². The number of nitriles is 1. The quantitative estimate of drug-likeness (QED) is 0.809. The Morgan fingerprint density at radius 1 is 1.25 bits per heavy atom. The van der Waals surface area contributed by atoms with Gasteiger partial charge in [-0.05, 0) is 36.4 Å². The van der Waals surface area contributed by atoms with Crippen molar-refractivity contribution in [2.24, 2.45) is 0 Å². The van der Waals surface area contributed by atoms with Crippen molar-refractivity contribution in [1.29, 1.82) is 5.26 Å². The van der Waals surface area contributed by atoms with Gasteiger partial charge in [0.05, 0.1) is 11.3 Å². The average Bonchev–Trinajstić information content (AvgIpc) is 2.44. The van der Waals surface area contributed by atoms with Gasteiger partial charge in [-0.2, -0.15) is 5.26 Å². The molecular weight excluding hydrogens is 340 g/mol. The predicted octanol–water partition coefficient (Wildman–Crippen LogP) is 4.47. The molecule has 102 valence electrons. The summed E-state index contributed by atoms with van der Waals surface area (Å²) in [4.78, 5) is 0. The molecule has 0 saturated heterocycles. The molecule has 0 aliphatic carbocycles. The second-order valence-corrected chi connectivity index (χ2v) is 5.39. The number of anilines is 1. The first kappa shape index (κ1) is 14.7. The smallest absolute Gasteiger partial charge is 0.120 e. The third-order valence-corrected chi connectivity index (χ3v) is 3.31. The van der Waals surface area contributed by atoms with E-state index in [4.69, 9.17) is 21.6 Å². The topological polar surface area (TPSA) is 45.0 Å². The van der Waals surface area contributed by atoms with Crippen LogP contribution >= 0.6 is 27.5 Å². The molecular formula is C15H12BrClN2O. The fraction of sp³-hybridized carbons (Fsp3) is 0.133. The Hall–Kier alpha value is -1.70. The predicted molar refractivity (Wildman–Crippen MR) is 84.3 cm³/mol. The van der Waals surface area contributed by atoms with Crippen LogP contribution in [0.4, 0.5) is 5.69 Å². The third-order valence-electron chi connectivity index (χ3n) is 2.58. The van der Waals surface area contributed by atoms with Crippen LogP contribution in [0.1, 0.15) is 5.56 Å². The van der Waals surface area contributed by atoms with E-state index in [1.807, 2.05) is 24.3 Å². The number of nitrogens with zero attached hydrogens (tertiary/aromatic N) is 1. The van der Waals surface area contributed by atoms with Crippen LogP contribution in [0.5, 0.6) is 5.75 Å². The largest absolute Gasteiger partial charge is 0.492 e. The first-order valence-corrected chi connectivity index (χ1v) is 7.18. The maximum Gasteiger partial charge on any atom is 0.120 e. The Bertz CT molecular complexity index is 640. The van der Waals surface area contributed by atoms with E-state index in [-0.39, 0.29) is 0 Å². The Morgan fingerprint density at radius 2 is 2.10 bits per heavy atom. The molecule has 2 aromatic carbocycles. The fourth-order valence-corrected chi connectivity index (χ4v) is 2.22. The molecule has 0 atom stereocenters. The van der Waals surface area contributed by atoms with Crippen LogP contribution in [0.3, 0.4) is 0 Å². The number of rotatable bonds is 5. The van der Waals surface area contributed by atoms with E-state index in [2.05, 4.69) is 27.3 Å². The number of halogens is 2. The van der Waals surface area contributed by atoms with Gasteiger partial charge in [0.1, 0.15) is 18.4 Å². The highest BCUT2D eigenvalue weighted by Gasteiger charge is 2.02. The number of ether oxygens (including phenoxy) is 1. The summed E-state index contributed by atoms with van der Waals surface area (Å²) in [5, 5.41) is 12.7. The molecule has 0 unspecified atom stereocenters. The second kappa shape index (κ2) is 7.18. The molecule has 0 heterocycles. The zero-order chi connectivity index (χ0) is 14.4. The van der Waals surface area contributed by atoms with Crippen LogP contribution in [0.2, 0.25) is 5.02 Å². The lowest BCUT2D eigenvalue weighted by atomic mass is 10.2. The molecule has 20 heavy (non-hydrogen) atoms. The van der Waals surface area contributed by atoms with Crippen molar-refractivity contribution in [1.82, 2.24) is 0 Å². The highest BCUT2D eigenvalue weighted by Crippen LogP contribution is 2.20. The summed E-state index contributed by atoms with van der Waals surface area (Å²) in [6.45, 7) is 1.08. The molecule has 1 N–H and O–H groups in total.